The standard InChI is InChI=1S/2C25H29N2O.2C22H23N2O/c1-14(2)18-10-11-27(7)21(13-18)22-16(5)12-20(15(3)4)23-19-9-8-17(6)26-25(19)28-24(22)23;1-14(2)18-10-11-27(7)21(13-18)22-16(5)8-9-19-23-20(15(3)4)12-17(6)26-25(23)28-24(19)22;1-13(2)17-12-14(3)19(18-8-6-7-11-24(18)5)21-20(17)16-10-9-15(4)23-22(16)25-21;1-13(2)17-12-15(4)23-22-20(17)16-10-9-14(3)19(21(16)25-22)18-8-6-7-11-24(18)5/h2*8-15H,1-7H3;2*6-13H,1-5H3/q4*+1/i2*1D3,14D,15D;2*13D. The molecule has 106 heavy (non-hydrogen) atoms. The Bertz CT molecular complexity index is 6700. The zero-order valence-corrected chi connectivity index (χ0v) is 65.2. The molecule has 0 fully saturated rings. The van der Waals surface area contributed by atoms with Crippen molar-refractivity contribution in [2.45, 2.75) is 174 Å². The van der Waals surface area contributed by atoms with E-state index >= 15 is 0 Å². The van der Waals surface area contributed by atoms with E-state index in [1.54, 1.807) is 36.7 Å². The fourth-order valence-corrected chi connectivity index (χ4v) is 14.7. The van der Waals surface area contributed by atoms with Crippen LogP contribution < -0.4 is 18.3 Å². The van der Waals surface area contributed by atoms with Gasteiger partial charge in [0.15, 0.2) is 47.1 Å². The second-order valence-electron chi connectivity index (χ2n) is 29.4. The first-order chi connectivity index (χ1) is 54.8. The number of rotatable bonds is 10. The van der Waals surface area contributed by atoms with Gasteiger partial charge in [-0.3, -0.25) is 0 Å². The fraction of sp³-hybridized carbons (Fsp3) is 0.319. The Hall–Kier alpha value is -10.7. The van der Waals surface area contributed by atoms with Gasteiger partial charge in [0.25, 0.3) is 0 Å². The molecule has 12 heterocycles. The number of fused-ring (bicyclic) bond motifs is 12. The second kappa shape index (κ2) is 29.3. The second-order valence-corrected chi connectivity index (χ2v) is 29.4. The smallest absolute Gasteiger partial charge is 0.227 e. The lowest BCUT2D eigenvalue weighted by molar-refractivity contribution is -0.660. The van der Waals surface area contributed by atoms with Crippen molar-refractivity contribution in [3.63, 3.8) is 0 Å². The summed E-state index contributed by atoms with van der Waals surface area (Å²) >= 11 is 0. The van der Waals surface area contributed by atoms with E-state index in [9.17, 15) is 0 Å². The van der Waals surface area contributed by atoms with E-state index in [4.69, 9.17) is 34.1 Å². The summed E-state index contributed by atoms with van der Waals surface area (Å²) < 4.78 is 132. The monoisotopic (exact) mass is 1420 g/mol. The van der Waals surface area contributed by atoms with Gasteiger partial charge in [0.2, 0.25) is 45.6 Å². The summed E-state index contributed by atoms with van der Waals surface area (Å²) in [5.41, 5.74) is 24.5. The summed E-state index contributed by atoms with van der Waals surface area (Å²) in [6, 6.07) is 43.5. The van der Waals surface area contributed by atoms with Gasteiger partial charge in [0, 0.05) is 120 Å². The Kier molecular flexibility index (Phi) is 16.5. The first kappa shape index (κ1) is 59.5. The average Bonchev–Trinajstić information content (AvgIpc) is 1.56. The van der Waals surface area contributed by atoms with Crippen LogP contribution in [0.4, 0.5) is 0 Å². The number of furan rings is 4. The molecule has 0 aliphatic heterocycles. The average molecular weight is 1420 g/mol. The van der Waals surface area contributed by atoms with Crippen LogP contribution in [0.5, 0.6) is 0 Å². The number of hydrogen-bond acceptors (Lipinski definition) is 8. The molecular formula is C94H104N8O4+4. The lowest BCUT2D eigenvalue weighted by atomic mass is 9.90. The number of aryl methyl sites for hydroxylation is 12. The van der Waals surface area contributed by atoms with Crippen molar-refractivity contribution in [1.29, 1.82) is 0 Å². The van der Waals surface area contributed by atoms with Gasteiger partial charge in [0.05, 0.1) is 33.0 Å². The lowest BCUT2D eigenvalue weighted by Crippen LogP contribution is -2.31. The van der Waals surface area contributed by atoms with E-state index in [0.29, 0.717) is 45.1 Å². The molecule has 0 saturated carbocycles. The highest BCUT2D eigenvalue weighted by molar-refractivity contribution is 6.14. The molecule has 2 atom stereocenters. The zero-order chi connectivity index (χ0) is 86.3. The predicted octanol–water partition coefficient (Wildman–Crippen LogP) is 23.1. The van der Waals surface area contributed by atoms with Gasteiger partial charge in [-0.1, -0.05) is 119 Å². The number of aromatic nitrogens is 8. The summed E-state index contributed by atoms with van der Waals surface area (Å²) in [4.78, 5) is 18.4. The zero-order valence-electron chi connectivity index (χ0n) is 77.2. The first-order valence-corrected chi connectivity index (χ1v) is 36.1. The molecule has 2 unspecified atom stereocenters. The molecule has 16 rings (SSSR count). The van der Waals surface area contributed by atoms with Crippen molar-refractivity contribution in [3.8, 4) is 45.0 Å². The van der Waals surface area contributed by atoms with Crippen LogP contribution in [-0.2, 0) is 28.2 Å². The molecule has 0 N–H and O–H groups in total. The third kappa shape index (κ3) is 13.6. The van der Waals surface area contributed by atoms with Crippen LogP contribution in [-0.4, -0.2) is 19.9 Å². The highest BCUT2D eigenvalue weighted by atomic mass is 16.4. The minimum atomic E-state index is -2.48. The van der Waals surface area contributed by atoms with E-state index in [1.165, 1.54) is 13.8 Å². The van der Waals surface area contributed by atoms with Crippen molar-refractivity contribution < 1.29 is 52.4 Å². The van der Waals surface area contributed by atoms with Crippen molar-refractivity contribution in [3.05, 3.63) is 237 Å². The molecular weight excluding hydrogens is 1310 g/mol. The first-order valence-electron chi connectivity index (χ1n) is 42.1. The van der Waals surface area contributed by atoms with Crippen LogP contribution in [0.1, 0.15) is 213 Å². The van der Waals surface area contributed by atoms with E-state index in [2.05, 4.69) is 79.3 Å². The highest BCUT2D eigenvalue weighted by Crippen LogP contribution is 2.46. The number of pyridine rings is 8. The van der Waals surface area contributed by atoms with Gasteiger partial charge in [-0.25, -0.2) is 38.2 Å². The van der Waals surface area contributed by atoms with Crippen LogP contribution in [0.2, 0.25) is 0 Å². The van der Waals surface area contributed by atoms with Crippen LogP contribution in [0.15, 0.2) is 176 Å². The van der Waals surface area contributed by atoms with Gasteiger partial charge >= 0.3 is 0 Å². The Morgan fingerprint density at radius 2 is 0.632 bits per heavy atom. The molecule has 12 heteroatoms. The Balaban J connectivity index is 0.000000137. The van der Waals surface area contributed by atoms with Crippen LogP contribution in [0.25, 0.3) is 133 Å². The third-order valence-corrected chi connectivity index (χ3v) is 20.2. The molecule has 12 aromatic heterocycles. The van der Waals surface area contributed by atoms with Gasteiger partial charge in [0.1, 0.15) is 28.2 Å². The summed E-state index contributed by atoms with van der Waals surface area (Å²) in [6.07, 6.45) is 7.64. The van der Waals surface area contributed by atoms with Gasteiger partial charge in [-0.15, -0.1) is 0 Å². The molecule has 12 nitrogen and oxygen atoms in total. The van der Waals surface area contributed by atoms with E-state index < -0.39 is 49.1 Å². The molecule has 0 amide bonds. The largest absolute Gasteiger partial charge is 0.437 e. The maximum Gasteiger partial charge on any atom is 0.227 e. The number of benzene rings is 4. The van der Waals surface area contributed by atoms with E-state index in [1.807, 2.05) is 219 Å². The maximum atomic E-state index is 8.76. The number of hydrogen-bond donors (Lipinski definition) is 0. The molecule has 0 aliphatic carbocycles. The summed E-state index contributed by atoms with van der Waals surface area (Å²) in [7, 11) is 7.84. The minimum absolute atomic E-state index is 0.401. The van der Waals surface area contributed by atoms with Crippen molar-refractivity contribution in [2.75, 3.05) is 0 Å². The SMILES string of the molecule is [2H]C(C)(C)c1cc(C)c(-c2cc(C([2H])(C)C([2H])([2H])[2H])cc[n+]2C)c2oc3nc(C)ccc3c12.[2H]C(C)(C)c1cc(C)c(-c2cccc[n+]2C)c2oc3nc(C)ccc3c12.[2H]C(C)(C)c1cc(C)nc2oc3c(-c4cc(C([2H])(C)C([2H])([2H])[2H])cc[n+]4C)c(C)ccc3c12.[2H]C(C)(C)c1cc(C)nc2oc3c(-c4cccc[n+]4C)c(C)ccc3c12. The topological polar surface area (TPSA) is 120 Å². The molecule has 0 radical (unpaired) electrons. The molecule has 0 saturated heterocycles. The normalized spacial score (nSPS) is 15.3. The molecule has 16 aromatic rings. The summed E-state index contributed by atoms with van der Waals surface area (Å²) in [5, 5.41) is 7.31. The van der Waals surface area contributed by atoms with E-state index in [-0.39, 0.29) is 0 Å². The summed E-state index contributed by atoms with van der Waals surface area (Å²) in [5.74, 6) is -6.70. The Morgan fingerprint density at radius 1 is 0.302 bits per heavy atom. The molecule has 0 bridgehead atoms. The Labute approximate surface area is 641 Å². The highest BCUT2D eigenvalue weighted by Gasteiger charge is 2.30. The predicted molar refractivity (Wildman–Crippen MR) is 435 cm³/mol. The van der Waals surface area contributed by atoms with Crippen molar-refractivity contribution >= 4 is 88.3 Å². The van der Waals surface area contributed by atoms with Crippen LogP contribution in [0, 0.1) is 55.4 Å². The van der Waals surface area contributed by atoms with Crippen LogP contribution >= 0.6 is 0 Å². The molecule has 0 spiro atoms. The molecule has 540 valence electrons. The van der Waals surface area contributed by atoms with E-state index in [0.717, 1.165) is 167 Å². The third-order valence-electron chi connectivity index (χ3n) is 20.2. The van der Waals surface area contributed by atoms with Crippen molar-refractivity contribution in [1.82, 2.24) is 19.9 Å². The molecule has 4 aromatic carbocycles. The quantitative estimate of drug-likeness (QED) is 0.124. The maximum absolute atomic E-state index is 8.76. The van der Waals surface area contributed by atoms with Crippen molar-refractivity contribution in [2.24, 2.45) is 28.2 Å². The van der Waals surface area contributed by atoms with Gasteiger partial charge in [-0.2, -0.15) is 0 Å². The van der Waals surface area contributed by atoms with Crippen LogP contribution in [0.3, 0.4) is 0 Å². The molecule has 0 aliphatic rings. The fourth-order valence-electron chi connectivity index (χ4n) is 14.7. The lowest BCUT2D eigenvalue weighted by Gasteiger charge is -2.13. The minimum Gasteiger partial charge on any atom is -0.437 e. The number of nitrogens with zero attached hydrogens (tertiary/aromatic N) is 8. The van der Waals surface area contributed by atoms with Gasteiger partial charge in [-0.05, 0) is 195 Å². The van der Waals surface area contributed by atoms with Gasteiger partial charge < -0.3 is 17.7 Å². The summed E-state index contributed by atoms with van der Waals surface area (Å²) in [6.45, 7) is 28.8. The Morgan fingerprint density at radius 3 is 1.01 bits per heavy atom.